The molecule has 1 aromatic heterocycles. The molecule has 7 heteroatoms. The predicted octanol–water partition coefficient (Wildman–Crippen LogP) is 1.53. The molecular formula is C14H18FN3O3. The van der Waals surface area contributed by atoms with Gasteiger partial charge >= 0.3 is 5.69 Å². The van der Waals surface area contributed by atoms with Crippen molar-refractivity contribution in [1.82, 2.24) is 9.55 Å². The third-order valence-electron chi connectivity index (χ3n) is 3.88. The molecule has 0 bridgehead atoms. The van der Waals surface area contributed by atoms with E-state index in [0.717, 1.165) is 0 Å². The van der Waals surface area contributed by atoms with E-state index in [1.165, 1.54) is 16.8 Å². The molecule has 1 aliphatic carbocycles. The number of fused-ring (bicyclic) bond motifs is 1. The van der Waals surface area contributed by atoms with Crippen molar-refractivity contribution in [3.63, 3.8) is 0 Å². The lowest BCUT2D eigenvalue weighted by Gasteiger charge is -2.22. The molecule has 2 N–H and O–H groups in total. The van der Waals surface area contributed by atoms with Gasteiger partial charge in [0.15, 0.2) is 5.79 Å². The van der Waals surface area contributed by atoms with Gasteiger partial charge in [-0.25, -0.2) is 9.18 Å². The van der Waals surface area contributed by atoms with Crippen LogP contribution in [0.25, 0.3) is 0 Å². The van der Waals surface area contributed by atoms with Crippen molar-refractivity contribution in [2.75, 3.05) is 5.73 Å². The van der Waals surface area contributed by atoms with E-state index in [1.807, 2.05) is 6.92 Å². The Morgan fingerprint density at radius 3 is 2.81 bits per heavy atom. The molecule has 2 heterocycles. The standard InChI is InChI=1S/C14H18FN3O3/c1-4-7-9(15)10(12-11(7)20-14(2,3)21-12)18-6-5-8(16)17-13(18)19/h5-6,10-12H,4H2,1-3H3,(H2,16,17,19)/t10-,11-,12+/m1/s1. The highest BCUT2D eigenvalue weighted by Gasteiger charge is 2.54. The molecule has 0 spiro atoms. The van der Waals surface area contributed by atoms with E-state index in [1.54, 1.807) is 13.8 Å². The molecule has 0 radical (unpaired) electrons. The number of hydrogen-bond acceptors (Lipinski definition) is 5. The number of halogens is 1. The molecular weight excluding hydrogens is 277 g/mol. The average molecular weight is 295 g/mol. The number of nitrogen functional groups attached to an aromatic ring is 1. The van der Waals surface area contributed by atoms with Gasteiger partial charge in [-0.1, -0.05) is 6.92 Å². The number of nitrogens with zero attached hydrogens (tertiary/aromatic N) is 2. The Bertz CT molecular complexity index is 668. The maximum atomic E-state index is 14.7. The van der Waals surface area contributed by atoms with Gasteiger partial charge in [0.25, 0.3) is 0 Å². The Morgan fingerprint density at radius 1 is 1.48 bits per heavy atom. The number of anilines is 1. The summed E-state index contributed by atoms with van der Waals surface area (Å²) >= 11 is 0. The number of nitrogens with two attached hydrogens (primary N) is 1. The molecule has 0 aromatic carbocycles. The summed E-state index contributed by atoms with van der Waals surface area (Å²) in [7, 11) is 0. The summed E-state index contributed by atoms with van der Waals surface area (Å²) in [4.78, 5) is 15.7. The third-order valence-corrected chi connectivity index (χ3v) is 3.88. The SMILES string of the molecule is CCC1=C(F)[C@@H](n2ccc(N)nc2=O)[C@@H]2OC(C)(C)O[C@H]12. The Labute approximate surface area is 121 Å². The first kappa shape index (κ1) is 14.2. The number of aromatic nitrogens is 2. The maximum absolute atomic E-state index is 14.7. The molecule has 3 atom stereocenters. The quantitative estimate of drug-likeness (QED) is 0.895. The molecule has 6 nitrogen and oxygen atoms in total. The molecule has 114 valence electrons. The van der Waals surface area contributed by atoms with Gasteiger partial charge < -0.3 is 15.2 Å². The minimum Gasteiger partial charge on any atom is -0.383 e. The second-order valence-electron chi connectivity index (χ2n) is 5.73. The lowest BCUT2D eigenvalue weighted by atomic mass is 10.1. The molecule has 1 aromatic rings. The highest BCUT2D eigenvalue weighted by molar-refractivity contribution is 5.31. The summed E-state index contributed by atoms with van der Waals surface area (Å²) in [5.41, 5.74) is 5.42. The van der Waals surface area contributed by atoms with Crippen LogP contribution in [0.3, 0.4) is 0 Å². The van der Waals surface area contributed by atoms with Crippen LogP contribution in [-0.2, 0) is 9.47 Å². The minimum absolute atomic E-state index is 0.106. The first-order chi connectivity index (χ1) is 9.84. The lowest BCUT2D eigenvalue weighted by Crippen LogP contribution is -2.35. The molecule has 0 unspecified atom stereocenters. The zero-order valence-electron chi connectivity index (χ0n) is 12.2. The fraction of sp³-hybridized carbons (Fsp3) is 0.571. The van der Waals surface area contributed by atoms with Crippen LogP contribution in [0.4, 0.5) is 10.2 Å². The third kappa shape index (κ3) is 2.16. The average Bonchev–Trinajstić information content (AvgIpc) is 2.80. The van der Waals surface area contributed by atoms with Gasteiger partial charge in [0.05, 0.1) is 0 Å². The summed E-state index contributed by atoms with van der Waals surface area (Å²) in [5.74, 6) is -1.08. The van der Waals surface area contributed by atoms with Gasteiger partial charge in [-0.3, -0.25) is 4.57 Å². The summed E-state index contributed by atoms with van der Waals surface area (Å²) in [5, 5.41) is 0. The number of hydrogen-bond donors (Lipinski definition) is 1. The number of ether oxygens (including phenoxy) is 2. The molecule has 0 saturated carbocycles. The van der Waals surface area contributed by atoms with E-state index >= 15 is 0 Å². The second kappa shape index (κ2) is 4.64. The van der Waals surface area contributed by atoms with Crippen molar-refractivity contribution in [2.45, 2.75) is 51.2 Å². The van der Waals surface area contributed by atoms with Crippen LogP contribution in [-0.4, -0.2) is 27.5 Å². The molecule has 1 fully saturated rings. The van der Waals surface area contributed by atoms with Gasteiger partial charge in [0.1, 0.15) is 29.9 Å². The van der Waals surface area contributed by atoms with Crippen molar-refractivity contribution in [3.8, 4) is 0 Å². The first-order valence-corrected chi connectivity index (χ1v) is 6.93. The second-order valence-corrected chi connectivity index (χ2v) is 5.73. The van der Waals surface area contributed by atoms with Gasteiger partial charge in [-0.2, -0.15) is 4.98 Å². The molecule has 21 heavy (non-hydrogen) atoms. The first-order valence-electron chi connectivity index (χ1n) is 6.93. The van der Waals surface area contributed by atoms with Crippen LogP contribution >= 0.6 is 0 Å². The van der Waals surface area contributed by atoms with E-state index in [9.17, 15) is 9.18 Å². The topological polar surface area (TPSA) is 79.4 Å². The molecule has 3 rings (SSSR count). The van der Waals surface area contributed by atoms with Gasteiger partial charge in [0, 0.05) is 6.20 Å². The Kier molecular flexibility index (Phi) is 3.14. The maximum Gasteiger partial charge on any atom is 0.350 e. The minimum atomic E-state index is -0.854. The van der Waals surface area contributed by atoms with Gasteiger partial charge in [0.2, 0.25) is 0 Å². The van der Waals surface area contributed by atoms with Crippen LogP contribution in [0.15, 0.2) is 28.5 Å². The van der Waals surface area contributed by atoms with Crippen molar-refractivity contribution < 1.29 is 13.9 Å². The van der Waals surface area contributed by atoms with Crippen LogP contribution in [0.1, 0.15) is 33.2 Å². The van der Waals surface area contributed by atoms with Crippen LogP contribution in [0, 0.1) is 0 Å². The molecule has 1 saturated heterocycles. The van der Waals surface area contributed by atoms with E-state index in [4.69, 9.17) is 15.2 Å². The summed E-state index contributed by atoms with van der Waals surface area (Å²) < 4.78 is 27.5. The van der Waals surface area contributed by atoms with E-state index in [0.29, 0.717) is 12.0 Å². The largest absolute Gasteiger partial charge is 0.383 e. The summed E-state index contributed by atoms with van der Waals surface area (Å²) in [6, 6.07) is 0.613. The fourth-order valence-electron chi connectivity index (χ4n) is 3.05. The number of rotatable bonds is 2. The zero-order chi connectivity index (χ0) is 15.4. The van der Waals surface area contributed by atoms with E-state index in [-0.39, 0.29) is 11.6 Å². The monoisotopic (exact) mass is 295 g/mol. The normalized spacial score (nSPS) is 30.8. The van der Waals surface area contributed by atoms with Crippen molar-refractivity contribution in [1.29, 1.82) is 0 Å². The molecule has 2 aliphatic rings. The van der Waals surface area contributed by atoms with E-state index < -0.39 is 29.7 Å². The summed E-state index contributed by atoms with van der Waals surface area (Å²) in [6.07, 6.45) is 0.900. The van der Waals surface area contributed by atoms with Crippen molar-refractivity contribution in [2.24, 2.45) is 0 Å². The van der Waals surface area contributed by atoms with Crippen LogP contribution in [0.5, 0.6) is 0 Å². The van der Waals surface area contributed by atoms with Crippen LogP contribution < -0.4 is 11.4 Å². The van der Waals surface area contributed by atoms with Gasteiger partial charge in [-0.05, 0) is 31.9 Å². The van der Waals surface area contributed by atoms with Crippen molar-refractivity contribution in [3.05, 3.63) is 34.1 Å². The van der Waals surface area contributed by atoms with Crippen molar-refractivity contribution >= 4 is 5.82 Å². The Morgan fingerprint density at radius 2 is 2.19 bits per heavy atom. The lowest BCUT2D eigenvalue weighted by molar-refractivity contribution is -0.149. The molecule has 0 amide bonds. The fourth-order valence-corrected chi connectivity index (χ4v) is 3.05. The Balaban J connectivity index is 2.09. The van der Waals surface area contributed by atoms with Gasteiger partial charge in [-0.15, -0.1) is 0 Å². The highest BCUT2D eigenvalue weighted by Crippen LogP contribution is 2.48. The van der Waals surface area contributed by atoms with E-state index in [2.05, 4.69) is 4.98 Å². The molecule has 1 aliphatic heterocycles. The predicted molar refractivity (Wildman–Crippen MR) is 74.2 cm³/mol. The highest BCUT2D eigenvalue weighted by atomic mass is 19.1. The summed E-state index contributed by atoms with van der Waals surface area (Å²) in [6.45, 7) is 5.40. The zero-order valence-corrected chi connectivity index (χ0v) is 12.2. The smallest absolute Gasteiger partial charge is 0.350 e. The van der Waals surface area contributed by atoms with Crippen LogP contribution in [0.2, 0.25) is 0 Å². The Hall–Kier alpha value is -1.73.